The van der Waals surface area contributed by atoms with Crippen LogP contribution in [0.15, 0.2) is 0 Å². The average molecular weight is 230 g/mol. The van der Waals surface area contributed by atoms with Crippen LogP contribution in [0.2, 0.25) is 0 Å². The summed E-state index contributed by atoms with van der Waals surface area (Å²) in [7, 11) is 0. The van der Waals surface area contributed by atoms with Crippen molar-refractivity contribution in [2.45, 2.75) is 6.92 Å². The molecule has 0 N–H and O–H groups in total. The van der Waals surface area contributed by atoms with Crippen molar-refractivity contribution in [3.63, 3.8) is 0 Å². The van der Waals surface area contributed by atoms with E-state index in [-0.39, 0.29) is 5.12 Å². The second kappa shape index (κ2) is 7.48. The number of carbonyl (C=O) groups is 1. The van der Waals surface area contributed by atoms with Gasteiger partial charge in [-0.05, 0) is 5.75 Å². The summed E-state index contributed by atoms with van der Waals surface area (Å²) in [6.45, 7) is 1.42. The molecule has 0 heterocycles. The van der Waals surface area contributed by atoms with Gasteiger partial charge in [0.2, 0.25) is 5.12 Å². The Balaban J connectivity index is 3.49. The van der Waals surface area contributed by atoms with E-state index in [1.54, 1.807) is 0 Å². The van der Waals surface area contributed by atoms with Crippen molar-refractivity contribution in [3.05, 3.63) is 0 Å². The standard InChI is InChI=1S/C6H11ClOPS2/c1-2-11-6(8)5-9(10)4-3-7/h2-5H2,1H3/q+1. The maximum Gasteiger partial charge on any atom is 0.234 e. The van der Waals surface area contributed by atoms with E-state index in [0.29, 0.717) is 12.0 Å². The predicted octanol–water partition coefficient (Wildman–Crippen LogP) is 2.45. The molecular weight excluding hydrogens is 219 g/mol. The Hall–Kier alpha value is 0.830. The van der Waals surface area contributed by atoms with Crippen LogP contribution >= 0.6 is 30.1 Å². The Morgan fingerprint density at radius 3 is 2.82 bits per heavy atom. The van der Waals surface area contributed by atoms with Gasteiger partial charge >= 0.3 is 0 Å². The van der Waals surface area contributed by atoms with Crippen molar-refractivity contribution in [1.29, 1.82) is 0 Å². The van der Waals surface area contributed by atoms with E-state index in [0.717, 1.165) is 11.9 Å². The number of hydrogen-bond donors (Lipinski definition) is 0. The Morgan fingerprint density at radius 2 is 2.36 bits per heavy atom. The molecular formula is C6H11ClOPS2+. The van der Waals surface area contributed by atoms with Crippen LogP contribution in [0.3, 0.4) is 0 Å². The third-order valence-electron chi connectivity index (χ3n) is 0.945. The van der Waals surface area contributed by atoms with Gasteiger partial charge in [0.05, 0.1) is 5.88 Å². The summed E-state index contributed by atoms with van der Waals surface area (Å²) in [5, 5.41) is 0.221. The monoisotopic (exact) mass is 229 g/mol. The lowest BCUT2D eigenvalue weighted by Crippen LogP contribution is -1.97. The molecule has 0 spiro atoms. The lowest BCUT2D eigenvalue weighted by atomic mass is 10.9. The first-order chi connectivity index (χ1) is 5.20. The van der Waals surface area contributed by atoms with E-state index in [9.17, 15) is 4.79 Å². The van der Waals surface area contributed by atoms with Crippen molar-refractivity contribution < 1.29 is 4.79 Å². The Bertz CT molecular complexity index is 136. The number of halogens is 1. The van der Waals surface area contributed by atoms with Gasteiger partial charge in [0.25, 0.3) is 0 Å². The molecule has 0 amide bonds. The van der Waals surface area contributed by atoms with E-state index < -0.39 is 6.70 Å². The van der Waals surface area contributed by atoms with Gasteiger partial charge in [-0.3, -0.25) is 4.79 Å². The molecule has 0 rings (SSSR count). The zero-order valence-electron chi connectivity index (χ0n) is 6.38. The van der Waals surface area contributed by atoms with Gasteiger partial charge in [-0.25, -0.2) is 0 Å². The minimum Gasteiger partial charge on any atom is -0.282 e. The SMILES string of the molecule is CCSC(=O)C[P+](=S)CCCl. The number of alkyl halides is 1. The molecule has 5 heteroatoms. The topological polar surface area (TPSA) is 17.1 Å². The van der Waals surface area contributed by atoms with E-state index in [1.807, 2.05) is 6.92 Å². The number of hydrogen-bond acceptors (Lipinski definition) is 3. The molecule has 0 aliphatic rings. The highest BCUT2D eigenvalue weighted by molar-refractivity contribution is 8.15. The average Bonchev–Trinajstić information content (AvgIpc) is 1.87. The Morgan fingerprint density at radius 1 is 1.73 bits per heavy atom. The van der Waals surface area contributed by atoms with Gasteiger partial charge in [-0.2, -0.15) is 0 Å². The van der Waals surface area contributed by atoms with E-state index in [2.05, 4.69) is 0 Å². The Kier molecular flexibility index (Phi) is 8.04. The van der Waals surface area contributed by atoms with Crippen LogP contribution in [0.4, 0.5) is 0 Å². The molecule has 1 atom stereocenters. The molecule has 0 radical (unpaired) electrons. The summed E-state index contributed by atoms with van der Waals surface area (Å²) in [5.41, 5.74) is 0. The molecule has 1 unspecified atom stereocenters. The van der Waals surface area contributed by atoms with Crippen molar-refractivity contribution in [2.24, 2.45) is 0 Å². The number of rotatable bonds is 5. The molecule has 11 heavy (non-hydrogen) atoms. The van der Waals surface area contributed by atoms with E-state index in [1.165, 1.54) is 11.8 Å². The molecule has 0 fully saturated rings. The third-order valence-corrected chi connectivity index (χ3v) is 4.66. The lowest BCUT2D eigenvalue weighted by Gasteiger charge is -1.89. The van der Waals surface area contributed by atoms with Gasteiger partial charge in [-0.15, -0.1) is 11.6 Å². The summed E-state index contributed by atoms with van der Waals surface area (Å²) in [4.78, 5) is 11.0. The molecule has 0 saturated heterocycles. The molecule has 0 aliphatic heterocycles. The molecule has 0 bridgehead atoms. The summed E-state index contributed by atoms with van der Waals surface area (Å²) in [6, 6.07) is 0. The highest BCUT2D eigenvalue weighted by Gasteiger charge is 2.14. The van der Waals surface area contributed by atoms with Crippen LogP contribution in [0.1, 0.15) is 6.92 Å². The predicted molar refractivity (Wildman–Crippen MR) is 57.9 cm³/mol. The quantitative estimate of drug-likeness (QED) is 0.533. The molecule has 0 aromatic carbocycles. The summed E-state index contributed by atoms with van der Waals surface area (Å²) >= 11 is 11.9. The van der Waals surface area contributed by atoms with E-state index in [4.69, 9.17) is 23.4 Å². The van der Waals surface area contributed by atoms with Crippen LogP contribution in [0, 0.1) is 0 Å². The van der Waals surface area contributed by atoms with Crippen LogP contribution in [-0.2, 0) is 16.6 Å². The summed E-state index contributed by atoms with van der Waals surface area (Å²) in [6.07, 6.45) is 1.37. The minimum absolute atomic E-state index is 0.221. The van der Waals surface area contributed by atoms with Crippen molar-refractivity contribution in [1.82, 2.24) is 0 Å². The van der Waals surface area contributed by atoms with Gasteiger partial charge < -0.3 is 0 Å². The molecule has 64 valence electrons. The highest BCUT2D eigenvalue weighted by atomic mass is 35.5. The second-order valence-electron chi connectivity index (χ2n) is 1.86. The Labute approximate surface area is 82.7 Å². The van der Waals surface area contributed by atoms with Crippen LogP contribution in [0.5, 0.6) is 0 Å². The first-order valence-electron chi connectivity index (χ1n) is 3.34. The molecule has 0 aromatic rings. The summed E-state index contributed by atoms with van der Waals surface area (Å²) in [5.74, 6) is 1.43. The maximum absolute atomic E-state index is 11.0. The van der Waals surface area contributed by atoms with Crippen molar-refractivity contribution in [2.75, 3.05) is 24.0 Å². The van der Waals surface area contributed by atoms with Crippen molar-refractivity contribution in [3.8, 4) is 0 Å². The molecule has 1 nitrogen and oxygen atoms in total. The molecule has 0 aliphatic carbocycles. The summed E-state index contributed by atoms with van der Waals surface area (Å²) < 4.78 is 0. The van der Waals surface area contributed by atoms with Crippen LogP contribution in [-0.4, -0.2) is 29.1 Å². The zero-order chi connectivity index (χ0) is 8.69. The lowest BCUT2D eigenvalue weighted by molar-refractivity contribution is -0.108. The first-order valence-corrected chi connectivity index (χ1v) is 7.59. The smallest absolute Gasteiger partial charge is 0.234 e. The van der Waals surface area contributed by atoms with E-state index >= 15 is 0 Å². The van der Waals surface area contributed by atoms with Crippen LogP contribution < -0.4 is 0 Å². The minimum atomic E-state index is -0.551. The zero-order valence-corrected chi connectivity index (χ0v) is 9.66. The molecule has 0 aromatic heterocycles. The number of carbonyl (C=O) groups excluding carboxylic acids is 1. The molecule has 0 saturated carbocycles. The van der Waals surface area contributed by atoms with Crippen molar-refractivity contribution >= 4 is 47.0 Å². The fourth-order valence-electron chi connectivity index (χ4n) is 0.524. The fraction of sp³-hybridized carbons (Fsp3) is 0.833. The highest BCUT2D eigenvalue weighted by Crippen LogP contribution is 2.22. The third kappa shape index (κ3) is 7.20. The number of thioether (sulfide) groups is 1. The van der Waals surface area contributed by atoms with Gasteiger partial charge in [0, 0.05) is 0 Å². The van der Waals surface area contributed by atoms with Gasteiger partial charge in [0.1, 0.15) is 6.16 Å². The normalized spacial score (nSPS) is 11.3. The van der Waals surface area contributed by atoms with Gasteiger partial charge in [-0.1, -0.05) is 18.7 Å². The maximum atomic E-state index is 11.0. The second-order valence-corrected chi connectivity index (χ2v) is 6.83. The largest absolute Gasteiger partial charge is 0.282 e. The fourth-order valence-corrected chi connectivity index (χ4v) is 4.10. The van der Waals surface area contributed by atoms with Crippen LogP contribution in [0.25, 0.3) is 0 Å². The van der Waals surface area contributed by atoms with Gasteiger partial charge in [0.15, 0.2) is 24.7 Å². The first kappa shape index (κ1) is 11.8.